The number of carbonyl (C=O) groups is 1. The first-order valence-corrected chi connectivity index (χ1v) is 7.42. The van der Waals surface area contributed by atoms with Gasteiger partial charge < -0.3 is 11.1 Å². The van der Waals surface area contributed by atoms with E-state index in [-0.39, 0.29) is 12.5 Å². The molecule has 0 aliphatic carbocycles. The van der Waals surface area contributed by atoms with Gasteiger partial charge in [-0.25, -0.2) is 4.68 Å². The lowest BCUT2D eigenvalue weighted by Crippen LogP contribution is -2.22. The van der Waals surface area contributed by atoms with Crippen LogP contribution in [0.5, 0.6) is 0 Å². The molecule has 0 unspecified atom stereocenters. The molecule has 0 saturated carbocycles. The van der Waals surface area contributed by atoms with E-state index in [0.29, 0.717) is 18.2 Å². The maximum atomic E-state index is 12.3. The quantitative estimate of drug-likeness (QED) is 0.885. The van der Waals surface area contributed by atoms with E-state index in [1.807, 2.05) is 32.0 Å². The number of benzene rings is 1. The van der Waals surface area contributed by atoms with E-state index in [1.54, 1.807) is 4.68 Å². The Hall–Kier alpha value is -2.21. The number of nitrogens with one attached hydrogen (secondary N) is 1. The highest BCUT2D eigenvalue weighted by atomic mass is 16.2. The average molecular weight is 301 g/mol. The van der Waals surface area contributed by atoms with Gasteiger partial charge in [0.2, 0.25) is 5.91 Å². The van der Waals surface area contributed by atoms with Crippen LogP contribution in [0.4, 0.5) is 5.69 Å². The Morgan fingerprint density at radius 2 is 2.09 bits per heavy atom. The van der Waals surface area contributed by atoms with E-state index in [4.69, 9.17) is 5.73 Å². The molecule has 0 atom stereocenters. The zero-order valence-electron chi connectivity index (χ0n) is 13.6. The minimum atomic E-state index is -0.118. The first-order valence-electron chi connectivity index (χ1n) is 7.42. The lowest BCUT2D eigenvalue weighted by atomic mass is 9.98. The van der Waals surface area contributed by atoms with Crippen LogP contribution in [0.1, 0.15) is 42.3 Å². The van der Waals surface area contributed by atoms with Crippen LogP contribution in [-0.4, -0.2) is 20.9 Å². The van der Waals surface area contributed by atoms with Gasteiger partial charge in [-0.3, -0.25) is 4.79 Å². The van der Waals surface area contributed by atoms with Crippen LogP contribution in [0.25, 0.3) is 0 Å². The fraction of sp³-hybridized carbons (Fsp3) is 0.438. The fourth-order valence-electron chi connectivity index (χ4n) is 2.39. The Kier molecular flexibility index (Phi) is 4.92. The second-order valence-corrected chi connectivity index (χ2v) is 5.73. The molecule has 0 fully saturated rings. The summed E-state index contributed by atoms with van der Waals surface area (Å²) in [6.07, 6.45) is 0. The van der Waals surface area contributed by atoms with E-state index < -0.39 is 0 Å². The minimum absolute atomic E-state index is 0.118. The third kappa shape index (κ3) is 3.33. The molecule has 1 amide bonds. The molecule has 0 aliphatic heterocycles. The van der Waals surface area contributed by atoms with E-state index in [9.17, 15) is 4.79 Å². The van der Waals surface area contributed by atoms with Crippen LogP contribution >= 0.6 is 0 Å². The monoisotopic (exact) mass is 301 g/mol. The topological polar surface area (TPSA) is 85.8 Å². The zero-order valence-corrected chi connectivity index (χ0v) is 13.6. The summed E-state index contributed by atoms with van der Waals surface area (Å²) < 4.78 is 1.57. The average Bonchev–Trinajstić information content (AvgIpc) is 2.81. The second-order valence-electron chi connectivity index (χ2n) is 5.73. The van der Waals surface area contributed by atoms with Crippen LogP contribution < -0.4 is 11.1 Å². The summed E-state index contributed by atoms with van der Waals surface area (Å²) in [5, 5.41) is 10.9. The van der Waals surface area contributed by atoms with Crippen molar-refractivity contribution < 1.29 is 4.79 Å². The number of hydrogen-bond donors (Lipinski definition) is 2. The summed E-state index contributed by atoms with van der Waals surface area (Å²) in [6, 6.07) is 6.05. The number of para-hydroxylation sites is 1. The number of aryl methyl sites for hydroxylation is 1. The molecule has 0 bridgehead atoms. The number of amides is 1. The molecule has 1 aromatic heterocycles. The molecule has 2 rings (SSSR count). The van der Waals surface area contributed by atoms with Crippen molar-refractivity contribution in [3.05, 3.63) is 40.7 Å². The Bertz CT molecular complexity index is 675. The van der Waals surface area contributed by atoms with Gasteiger partial charge in [-0.1, -0.05) is 37.3 Å². The summed E-state index contributed by atoms with van der Waals surface area (Å²) in [6.45, 7) is 8.53. The number of aromatic nitrogens is 3. The van der Waals surface area contributed by atoms with Crippen LogP contribution in [0.15, 0.2) is 18.2 Å². The van der Waals surface area contributed by atoms with Crippen LogP contribution in [0, 0.1) is 13.8 Å². The zero-order chi connectivity index (χ0) is 16.3. The molecule has 0 radical (unpaired) electrons. The van der Waals surface area contributed by atoms with Crippen molar-refractivity contribution in [3.8, 4) is 0 Å². The number of nitrogens with zero attached hydrogens (tertiary/aromatic N) is 3. The number of nitrogens with two attached hydrogens (primary N) is 1. The molecule has 0 spiro atoms. The van der Waals surface area contributed by atoms with Gasteiger partial charge in [-0.15, -0.1) is 5.10 Å². The van der Waals surface area contributed by atoms with Gasteiger partial charge in [0.15, 0.2) is 0 Å². The number of carbonyl (C=O) groups excluding carboxylic acids is 1. The molecule has 3 N–H and O–H groups in total. The predicted molar refractivity (Wildman–Crippen MR) is 86.5 cm³/mol. The van der Waals surface area contributed by atoms with Crippen molar-refractivity contribution in [1.29, 1.82) is 0 Å². The molecule has 0 saturated heterocycles. The molecule has 2 aromatic rings. The van der Waals surface area contributed by atoms with Gasteiger partial charge in [0.1, 0.15) is 6.54 Å². The van der Waals surface area contributed by atoms with Gasteiger partial charge >= 0.3 is 0 Å². The summed E-state index contributed by atoms with van der Waals surface area (Å²) in [5.41, 5.74) is 10.2. The lowest BCUT2D eigenvalue weighted by molar-refractivity contribution is -0.117. The highest BCUT2D eigenvalue weighted by Crippen LogP contribution is 2.27. The van der Waals surface area contributed by atoms with Crippen molar-refractivity contribution >= 4 is 11.6 Å². The second kappa shape index (κ2) is 6.70. The first-order chi connectivity index (χ1) is 10.4. The summed E-state index contributed by atoms with van der Waals surface area (Å²) in [7, 11) is 0. The molecule has 22 heavy (non-hydrogen) atoms. The van der Waals surface area contributed by atoms with Gasteiger partial charge in [0.25, 0.3) is 0 Å². The summed E-state index contributed by atoms with van der Waals surface area (Å²) >= 11 is 0. The van der Waals surface area contributed by atoms with E-state index in [2.05, 4.69) is 29.5 Å². The third-order valence-corrected chi connectivity index (χ3v) is 3.76. The number of hydrogen-bond acceptors (Lipinski definition) is 4. The van der Waals surface area contributed by atoms with Gasteiger partial charge in [-0.05, 0) is 30.9 Å². The lowest BCUT2D eigenvalue weighted by Gasteiger charge is -2.16. The van der Waals surface area contributed by atoms with Crippen molar-refractivity contribution in [2.24, 2.45) is 5.73 Å². The summed E-state index contributed by atoms with van der Waals surface area (Å²) in [5.74, 6) is 0.222. The Labute approximate surface area is 130 Å². The summed E-state index contributed by atoms with van der Waals surface area (Å²) in [4.78, 5) is 12.3. The number of rotatable bonds is 5. The largest absolute Gasteiger partial charge is 0.325 e. The normalized spacial score (nSPS) is 11.0. The smallest absolute Gasteiger partial charge is 0.246 e. The molecule has 118 valence electrons. The fourth-order valence-corrected chi connectivity index (χ4v) is 2.39. The Morgan fingerprint density at radius 1 is 1.36 bits per heavy atom. The van der Waals surface area contributed by atoms with Gasteiger partial charge in [0.05, 0.1) is 11.4 Å². The van der Waals surface area contributed by atoms with Crippen molar-refractivity contribution in [3.63, 3.8) is 0 Å². The molecule has 6 heteroatoms. The van der Waals surface area contributed by atoms with Crippen LogP contribution in [0.2, 0.25) is 0 Å². The number of anilines is 1. The molecular weight excluding hydrogens is 278 g/mol. The maximum Gasteiger partial charge on any atom is 0.246 e. The van der Waals surface area contributed by atoms with E-state index in [1.165, 1.54) is 0 Å². The van der Waals surface area contributed by atoms with Crippen molar-refractivity contribution in [1.82, 2.24) is 15.0 Å². The third-order valence-electron chi connectivity index (χ3n) is 3.76. The molecule has 6 nitrogen and oxygen atoms in total. The Balaban J connectivity index is 2.17. The van der Waals surface area contributed by atoms with Gasteiger partial charge in [-0.2, -0.15) is 0 Å². The maximum absolute atomic E-state index is 12.3. The van der Waals surface area contributed by atoms with Crippen LogP contribution in [0.3, 0.4) is 0 Å². The van der Waals surface area contributed by atoms with Crippen LogP contribution in [-0.2, 0) is 17.9 Å². The van der Waals surface area contributed by atoms with E-state index >= 15 is 0 Å². The molecule has 1 aromatic carbocycles. The highest BCUT2D eigenvalue weighted by molar-refractivity contribution is 5.92. The molecule has 1 heterocycles. The van der Waals surface area contributed by atoms with Crippen molar-refractivity contribution in [2.45, 2.75) is 46.7 Å². The first kappa shape index (κ1) is 16.2. The molecule has 0 aliphatic rings. The Morgan fingerprint density at radius 3 is 2.68 bits per heavy atom. The van der Waals surface area contributed by atoms with Crippen molar-refractivity contribution in [2.75, 3.05) is 5.32 Å². The predicted octanol–water partition coefficient (Wildman–Crippen LogP) is 2.12. The van der Waals surface area contributed by atoms with Gasteiger partial charge in [0, 0.05) is 12.2 Å². The highest BCUT2D eigenvalue weighted by Gasteiger charge is 2.14. The standard InChI is InChI=1S/C16H23N5O/c1-10(2)13-7-5-6-11(3)16(13)18-15(22)9-21-12(4)14(8-17)19-20-21/h5-7,10H,8-9,17H2,1-4H3,(H,18,22). The SMILES string of the molecule is Cc1cccc(C(C)C)c1NC(=O)Cn1nnc(CN)c1C. The molecular formula is C16H23N5O. The van der Waals surface area contributed by atoms with E-state index in [0.717, 1.165) is 22.5 Å². The minimum Gasteiger partial charge on any atom is -0.325 e.